The fraction of sp³-hybridized carbons (Fsp3) is 0.0800. The average molecular weight is 425 g/mol. The topological polar surface area (TPSA) is 119 Å². The number of benzene rings is 2. The molecule has 0 saturated heterocycles. The smallest absolute Gasteiger partial charge is 0.335 e. The number of nitriles is 1. The number of hydrogen-bond donors (Lipinski definition) is 3. The van der Waals surface area contributed by atoms with E-state index in [0.29, 0.717) is 30.0 Å². The van der Waals surface area contributed by atoms with Gasteiger partial charge < -0.3 is 19.8 Å². The van der Waals surface area contributed by atoms with Crippen LogP contribution in [0.1, 0.15) is 21.7 Å². The highest BCUT2D eigenvalue weighted by molar-refractivity contribution is 6.01. The standard InChI is InChI=1S/C25H19N3O4/c26-14-19(24(29)27-11-10-18-15-28-22-7-2-1-6-21(18)22)13-20-8-9-23(32-20)16-4-3-5-17(12-16)25(30)31/h1-9,12-13,15,28H,10-11H2,(H,27,29)(H,30,31)/b19-13+. The van der Waals surface area contributed by atoms with Crippen LogP contribution in [-0.4, -0.2) is 28.5 Å². The molecule has 0 saturated carbocycles. The van der Waals surface area contributed by atoms with E-state index >= 15 is 0 Å². The minimum absolute atomic E-state index is 0.0795. The molecule has 4 aromatic rings. The lowest BCUT2D eigenvalue weighted by Crippen LogP contribution is -2.26. The van der Waals surface area contributed by atoms with Gasteiger partial charge >= 0.3 is 5.97 Å². The lowest BCUT2D eigenvalue weighted by molar-refractivity contribution is -0.117. The van der Waals surface area contributed by atoms with Crippen molar-refractivity contribution in [3.63, 3.8) is 0 Å². The van der Waals surface area contributed by atoms with Crippen LogP contribution in [0.25, 0.3) is 28.3 Å². The summed E-state index contributed by atoms with van der Waals surface area (Å²) in [6.45, 7) is 0.380. The van der Waals surface area contributed by atoms with Crippen LogP contribution in [0.3, 0.4) is 0 Å². The minimum atomic E-state index is -1.03. The van der Waals surface area contributed by atoms with Gasteiger partial charge in [-0.2, -0.15) is 5.26 Å². The number of nitrogens with one attached hydrogen (secondary N) is 2. The molecule has 158 valence electrons. The number of aromatic carboxylic acids is 1. The average Bonchev–Trinajstić information content (AvgIpc) is 3.45. The SMILES string of the molecule is N#C/C(=C\c1ccc(-c2cccc(C(=O)O)c2)o1)C(=O)NCCc1c[nH]c2ccccc12. The van der Waals surface area contributed by atoms with Crippen molar-refractivity contribution in [2.45, 2.75) is 6.42 Å². The summed E-state index contributed by atoms with van der Waals surface area (Å²) < 4.78 is 5.69. The third-order valence-electron chi connectivity index (χ3n) is 5.03. The molecule has 0 radical (unpaired) electrons. The maximum atomic E-state index is 12.5. The Balaban J connectivity index is 1.42. The van der Waals surface area contributed by atoms with Gasteiger partial charge in [0.25, 0.3) is 5.91 Å². The predicted octanol–water partition coefficient (Wildman–Crippen LogP) is 4.39. The van der Waals surface area contributed by atoms with Crippen molar-refractivity contribution < 1.29 is 19.1 Å². The van der Waals surface area contributed by atoms with Gasteiger partial charge in [0.15, 0.2) is 0 Å². The van der Waals surface area contributed by atoms with Crippen molar-refractivity contribution in [1.29, 1.82) is 5.26 Å². The number of hydrogen-bond acceptors (Lipinski definition) is 4. The van der Waals surface area contributed by atoms with Crippen LogP contribution in [0.5, 0.6) is 0 Å². The van der Waals surface area contributed by atoms with Crippen LogP contribution in [0, 0.1) is 11.3 Å². The van der Waals surface area contributed by atoms with E-state index in [4.69, 9.17) is 9.52 Å². The lowest BCUT2D eigenvalue weighted by atomic mass is 10.1. The number of aromatic nitrogens is 1. The zero-order valence-electron chi connectivity index (χ0n) is 17.0. The number of aromatic amines is 1. The fourth-order valence-electron chi connectivity index (χ4n) is 3.43. The first-order valence-electron chi connectivity index (χ1n) is 9.93. The molecular formula is C25H19N3O4. The van der Waals surface area contributed by atoms with E-state index in [1.807, 2.05) is 36.5 Å². The van der Waals surface area contributed by atoms with Crippen LogP contribution in [0.4, 0.5) is 0 Å². The number of carbonyl (C=O) groups excluding carboxylic acids is 1. The third kappa shape index (κ3) is 4.45. The number of carboxylic acids is 1. The van der Waals surface area contributed by atoms with Crippen LogP contribution in [0.2, 0.25) is 0 Å². The fourth-order valence-corrected chi connectivity index (χ4v) is 3.43. The van der Waals surface area contributed by atoms with Gasteiger partial charge in [0.05, 0.1) is 5.56 Å². The largest absolute Gasteiger partial charge is 0.478 e. The van der Waals surface area contributed by atoms with Gasteiger partial charge in [-0.3, -0.25) is 4.79 Å². The van der Waals surface area contributed by atoms with Crippen molar-refractivity contribution in [2.24, 2.45) is 0 Å². The second-order valence-electron chi connectivity index (χ2n) is 7.12. The van der Waals surface area contributed by atoms with E-state index in [-0.39, 0.29) is 11.1 Å². The van der Waals surface area contributed by atoms with E-state index in [2.05, 4.69) is 10.3 Å². The minimum Gasteiger partial charge on any atom is -0.478 e. The Bertz CT molecular complexity index is 1370. The molecule has 4 rings (SSSR count). The van der Waals surface area contributed by atoms with Crippen LogP contribution >= 0.6 is 0 Å². The molecule has 0 bridgehead atoms. The molecule has 0 aliphatic rings. The molecule has 0 aliphatic heterocycles. The summed E-state index contributed by atoms with van der Waals surface area (Å²) in [5.74, 6) is -0.756. The van der Waals surface area contributed by atoms with Crippen molar-refractivity contribution in [2.75, 3.05) is 6.54 Å². The maximum absolute atomic E-state index is 12.5. The lowest BCUT2D eigenvalue weighted by Gasteiger charge is -2.04. The van der Waals surface area contributed by atoms with Gasteiger partial charge in [-0.05, 0) is 42.3 Å². The summed E-state index contributed by atoms with van der Waals surface area (Å²) in [5.41, 5.74) is 2.77. The first-order valence-corrected chi connectivity index (χ1v) is 9.93. The van der Waals surface area contributed by atoms with Crippen molar-refractivity contribution in [3.8, 4) is 17.4 Å². The Morgan fingerprint density at radius 3 is 2.78 bits per heavy atom. The first kappa shape index (κ1) is 20.7. The van der Waals surface area contributed by atoms with E-state index < -0.39 is 11.9 Å². The zero-order valence-corrected chi connectivity index (χ0v) is 17.0. The van der Waals surface area contributed by atoms with Gasteiger partial charge in [-0.25, -0.2) is 4.79 Å². The van der Waals surface area contributed by atoms with Gasteiger partial charge in [0, 0.05) is 35.3 Å². The number of rotatable bonds is 7. The third-order valence-corrected chi connectivity index (χ3v) is 5.03. The molecule has 0 unspecified atom stereocenters. The van der Waals surface area contributed by atoms with Gasteiger partial charge in [-0.1, -0.05) is 30.3 Å². The molecule has 0 atom stereocenters. The second-order valence-corrected chi connectivity index (χ2v) is 7.12. The Morgan fingerprint density at radius 1 is 1.12 bits per heavy atom. The molecular weight excluding hydrogens is 406 g/mol. The summed E-state index contributed by atoms with van der Waals surface area (Å²) >= 11 is 0. The number of carboxylic acid groups (broad SMARTS) is 1. The van der Waals surface area contributed by atoms with E-state index in [1.165, 1.54) is 18.2 Å². The molecule has 7 heteroatoms. The molecule has 3 N–H and O–H groups in total. The van der Waals surface area contributed by atoms with Gasteiger partial charge in [-0.15, -0.1) is 0 Å². The first-order chi connectivity index (χ1) is 15.5. The van der Waals surface area contributed by atoms with E-state index in [0.717, 1.165) is 16.5 Å². The van der Waals surface area contributed by atoms with Crippen LogP contribution < -0.4 is 5.32 Å². The highest BCUT2D eigenvalue weighted by Crippen LogP contribution is 2.24. The van der Waals surface area contributed by atoms with E-state index in [1.54, 1.807) is 24.3 Å². The molecule has 0 spiro atoms. The summed E-state index contributed by atoms with van der Waals surface area (Å²) in [4.78, 5) is 26.8. The second kappa shape index (κ2) is 9.06. The zero-order chi connectivity index (χ0) is 22.5. The molecule has 2 heterocycles. The molecule has 2 aromatic heterocycles. The Morgan fingerprint density at radius 2 is 1.97 bits per heavy atom. The van der Waals surface area contributed by atoms with Gasteiger partial charge in [0.2, 0.25) is 0 Å². The van der Waals surface area contributed by atoms with Crippen molar-refractivity contribution >= 4 is 28.9 Å². The highest BCUT2D eigenvalue weighted by atomic mass is 16.4. The molecule has 7 nitrogen and oxygen atoms in total. The quantitative estimate of drug-likeness (QED) is 0.300. The number of nitrogens with zero attached hydrogens (tertiary/aromatic N) is 1. The summed E-state index contributed by atoms with van der Waals surface area (Å²) in [6.07, 6.45) is 3.91. The number of amides is 1. The van der Waals surface area contributed by atoms with Crippen LogP contribution in [0.15, 0.2) is 76.9 Å². The highest BCUT2D eigenvalue weighted by Gasteiger charge is 2.12. The number of fused-ring (bicyclic) bond motifs is 1. The normalized spacial score (nSPS) is 11.3. The Kier molecular flexibility index (Phi) is 5.86. The van der Waals surface area contributed by atoms with Crippen LogP contribution in [-0.2, 0) is 11.2 Å². The number of furan rings is 1. The van der Waals surface area contributed by atoms with Gasteiger partial charge in [0.1, 0.15) is 23.2 Å². The number of para-hydroxylation sites is 1. The van der Waals surface area contributed by atoms with Crippen molar-refractivity contribution in [3.05, 3.63) is 89.3 Å². The molecule has 0 aliphatic carbocycles. The summed E-state index contributed by atoms with van der Waals surface area (Å²) in [6, 6.07) is 19.5. The Hall–Kier alpha value is -4.57. The Labute approximate surface area is 183 Å². The number of H-pyrrole nitrogens is 1. The van der Waals surface area contributed by atoms with E-state index in [9.17, 15) is 14.9 Å². The molecule has 1 amide bonds. The molecule has 2 aromatic carbocycles. The monoisotopic (exact) mass is 425 g/mol. The van der Waals surface area contributed by atoms with Crippen molar-refractivity contribution in [1.82, 2.24) is 10.3 Å². The number of carbonyl (C=O) groups is 2. The predicted molar refractivity (Wildman–Crippen MR) is 120 cm³/mol. The maximum Gasteiger partial charge on any atom is 0.335 e. The molecule has 0 fully saturated rings. The molecule has 32 heavy (non-hydrogen) atoms. The summed E-state index contributed by atoms with van der Waals surface area (Å²) in [7, 11) is 0. The summed E-state index contributed by atoms with van der Waals surface area (Å²) in [5, 5.41) is 22.4.